The average Bonchev–Trinajstić information content (AvgIpc) is 3.50. The number of benzene rings is 1. The van der Waals surface area contributed by atoms with Gasteiger partial charge in [-0.1, -0.05) is 35.3 Å². The maximum absolute atomic E-state index is 13.4. The molecular weight excluding hydrogens is 473 g/mol. The molecule has 1 aromatic carbocycles. The molecule has 0 spiro atoms. The van der Waals surface area contributed by atoms with Crippen LogP contribution in [-0.2, 0) is 11.3 Å². The van der Waals surface area contributed by atoms with E-state index in [0.717, 1.165) is 43.8 Å². The number of aromatic nitrogens is 2. The number of morpholine rings is 1. The van der Waals surface area contributed by atoms with Crippen molar-refractivity contribution < 1.29 is 9.53 Å². The molecule has 5 rings (SSSR count). The molecule has 3 aromatic rings. The topological polar surface area (TPSA) is 71.4 Å². The fourth-order valence-corrected chi connectivity index (χ4v) is 5.32. The lowest BCUT2D eigenvalue weighted by molar-refractivity contribution is 0.0162. The largest absolute Gasteiger partial charge is 0.379 e. The van der Waals surface area contributed by atoms with Crippen LogP contribution in [0.2, 0.25) is 10.0 Å². The number of rotatable bonds is 7. The Hall–Kier alpha value is -2.16. The minimum Gasteiger partial charge on any atom is -0.379 e. The highest BCUT2D eigenvalue weighted by molar-refractivity contribution is 6.36. The molecule has 2 N–H and O–H groups in total. The zero-order valence-corrected chi connectivity index (χ0v) is 20.5. The number of carbonyl (C=O) groups excluding carboxylic acids is 1. The molecule has 4 heterocycles. The fourth-order valence-electron chi connectivity index (χ4n) is 4.95. The summed E-state index contributed by atoms with van der Waals surface area (Å²) in [6.45, 7) is 5.25. The molecule has 7 nitrogen and oxygen atoms in total. The molecule has 2 aromatic heterocycles. The van der Waals surface area contributed by atoms with Crippen LogP contribution in [0.1, 0.15) is 34.8 Å². The van der Waals surface area contributed by atoms with Gasteiger partial charge >= 0.3 is 0 Å². The van der Waals surface area contributed by atoms with E-state index in [2.05, 4.69) is 25.1 Å². The minimum absolute atomic E-state index is 0.0229. The van der Waals surface area contributed by atoms with E-state index in [1.54, 1.807) is 12.3 Å². The highest BCUT2D eigenvalue weighted by Crippen LogP contribution is 2.29. The first-order chi connectivity index (χ1) is 16.6. The van der Waals surface area contributed by atoms with E-state index < -0.39 is 0 Å². The summed E-state index contributed by atoms with van der Waals surface area (Å²) in [5, 5.41) is 8.62. The Morgan fingerprint density at radius 2 is 2.00 bits per heavy atom. The van der Waals surface area contributed by atoms with Crippen molar-refractivity contribution in [1.29, 1.82) is 0 Å². The van der Waals surface area contributed by atoms with Gasteiger partial charge in [0.1, 0.15) is 5.65 Å². The van der Waals surface area contributed by atoms with E-state index >= 15 is 0 Å². The molecule has 1 unspecified atom stereocenters. The molecule has 2 fully saturated rings. The van der Waals surface area contributed by atoms with E-state index in [-0.39, 0.29) is 11.9 Å². The van der Waals surface area contributed by atoms with Crippen LogP contribution in [0, 0.1) is 0 Å². The van der Waals surface area contributed by atoms with Gasteiger partial charge in [0.2, 0.25) is 0 Å². The Morgan fingerprint density at radius 1 is 1.21 bits per heavy atom. The number of halogens is 2. The zero-order valence-electron chi connectivity index (χ0n) is 19.0. The van der Waals surface area contributed by atoms with Gasteiger partial charge in [0, 0.05) is 49.6 Å². The SMILES string of the molecule is O=C(NCC(c1ccc(Cl)cc1)N1CCOCC1)c1cn(C[C@@H]2CCCN2)c2nccc(Cl)c12. The molecule has 0 bridgehead atoms. The van der Waals surface area contributed by atoms with Crippen molar-refractivity contribution >= 4 is 40.1 Å². The van der Waals surface area contributed by atoms with Crippen LogP contribution in [0.3, 0.4) is 0 Å². The molecule has 2 saturated heterocycles. The Morgan fingerprint density at radius 3 is 2.74 bits per heavy atom. The lowest BCUT2D eigenvalue weighted by Gasteiger charge is -2.35. The van der Waals surface area contributed by atoms with Gasteiger partial charge in [0.15, 0.2) is 0 Å². The summed E-state index contributed by atoms with van der Waals surface area (Å²) < 4.78 is 7.59. The van der Waals surface area contributed by atoms with Crippen molar-refractivity contribution in [3.05, 3.63) is 63.9 Å². The van der Waals surface area contributed by atoms with Crippen LogP contribution in [0.15, 0.2) is 42.7 Å². The van der Waals surface area contributed by atoms with Crippen molar-refractivity contribution in [3.63, 3.8) is 0 Å². The molecule has 0 saturated carbocycles. The number of ether oxygens (including phenoxy) is 1. The smallest absolute Gasteiger partial charge is 0.253 e. The van der Waals surface area contributed by atoms with E-state index in [0.29, 0.717) is 46.8 Å². The molecule has 0 aliphatic carbocycles. The van der Waals surface area contributed by atoms with Crippen molar-refractivity contribution in [2.75, 3.05) is 39.4 Å². The maximum atomic E-state index is 13.4. The standard InChI is InChI=1S/C25H29Cl2N5O2/c26-18-5-3-17(4-6-18)22(31-10-12-34-13-11-31)14-30-25(33)20-16-32(15-19-2-1-8-28-19)24-23(20)21(27)7-9-29-24/h3-7,9,16,19,22,28H,1-2,8,10-15H2,(H,30,33)/t19-,22?/m0/s1. The number of hydrogen-bond donors (Lipinski definition) is 2. The van der Waals surface area contributed by atoms with Crippen LogP contribution in [0.5, 0.6) is 0 Å². The number of amides is 1. The van der Waals surface area contributed by atoms with Crippen LogP contribution >= 0.6 is 23.2 Å². The summed E-state index contributed by atoms with van der Waals surface area (Å²) in [6, 6.07) is 9.97. The first-order valence-electron chi connectivity index (χ1n) is 11.8. The van der Waals surface area contributed by atoms with E-state index in [1.165, 1.54) is 6.42 Å². The number of fused-ring (bicyclic) bond motifs is 1. The predicted molar refractivity (Wildman–Crippen MR) is 135 cm³/mol. The van der Waals surface area contributed by atoms with E-state index in [4.69, 9.17) is 27.9 Å². The quantitative estimate of drug-likeness (QED) is 0.513. The summed E-state index contributed by atoms with van der Waals surface area (Å²) in [4.78, 5) is 20.3. The Balaban J connectivity index is 1.39. The lowest BCUT2D eigenvalue weighted by atomic mass is 10.0. The van der Waals surface area contributed by atoms with Crippen LogP contribution in [0.4, 0.5) is 0 Å². The molecule has 0 radical (unpaired) electrons. The van der Waals surface area contributed by atoms with E-state index in [1.807, 2.05) is 30.5 Å². The second-order valence-corrected chi connectivity index (χ2v) is 9.75. The number of nitrogens with zero attached hydrogens (tertiary/aromatic N) is 3. The van der Waals surface area contributed by atoms with Crippen molar-refractivity contribution in [3.8, 4) is 0 Å². The first-order valence-corrected chi connectivity index (χ1v) is 12.6. The second kappa shape index (κ2) is 10.6. The van der Waals surface area contributed by atoms with Gasteiger partial charge in [-0.3, -0.25) is 9.69 Å². The van der Waals surface area contributed by atoms with Gasteiger partial charge < -0.3 is 19.9 Å². The van der Waals surface area contributed by atoms with Crippen molar-refractivity contribution in [2.24, 2.45) is 0 Å². The lowest BCUT2D eigenvalue weighted by Crippen LogP contribution is -2.43. The Labute approximate surface area is 209 Å². The molecular formula is C25H29Cl2N5O2. The second-order valence-electron chi connectivity index (χ2n) is 8.91. The first kappa shape index (κ1) is 23.6. The normalized spacial score (nSPS) is 20.0. The summed E-state index contributed by atoms with van der Waals surface area (Å²) in [5.74, 6) is -0.148. The van der Waals surface area contributed by atoms with Crippen molar-refractivity contribution in [1.82, 2.24) is 25.1 Å². The highest BCUT2D eigenvalue weighted by atomic mass is 35.5. The zero-order chi connectivity index (χ0) is 23.5. The third kappa shape index (κ3) is 5.09. The summed E-state index contributed by atoms with van der Waals surface area (Å²) in [6.07, 6.45) is 5.87. The monoisotopic (exact) mass is 501 g/mol. The highest BCUT2D eigenvalue weighted by Gasteiger charge is 2.26. The van der Waals surface area contributed by atoms with Crippen molar-refractivity contribution in [2.45, 2.75) is 31.5 Å². The van der Waals surface area contributed by atoms with E-state index in [9.17, 15) is 4.79 Å². The predicted octanol–water partition coefficient (Wildman–Crippen LogP) is 3.90. The number of hydrogen-bond acceptors (Lipinski definition) is 5. The molecule has 9 heteroatoms. The van der Waals surface area contributed by atoms with Gasteiger partial charge in [0.05, 0.1) is 35.2 Å². The van der Waals surface area contributed by atoms with Gasteiger partial charge in [-0.25, -0.2) is 4.98 Å². The van der Waals surface area contributed by atoms with Crippen LogP contribution in [-0.4, -0.2) is 65.8 Å². The number of nitrogens with one attached hydrogen (secondary N) is 2. The minimum atomic E-state index is -0.148. The third-order valence-corrected chi connectivity index (χ3v) is 7.29. The Bertz CT molecular complexity index is 1140. The Kier molecular flexibility index (Phi) is 7.37. The summed E-state index contributed by atoms with van der Waals surface area (Å²) in [7, 11) is 0. The molecule has 1 amide bonds. The summed E-state index contributed by atoms with van der Waals surface area (Å²) in [5.41, 5.74) is 2.41. The molecule has 2 aliphatic rings. The van der Waals surface area contributed by atoms with Gasteiger partial charge in [0.25, 0.3) is 5.91 Å². The number of carbonyl (C=O) groups is 1. The van der Waals surface area contributed by atoms with Gasteiger partial charge in [-0.15, -0.1) is 0 Å². The number of pyridine rings is 1. The molecule has 2 atom stereocenters. The third-order valence-electron chi connectivity index (χ3n) is 6.73. The maximum Gasteiger partial charge on any atom is 0.253 e. The van der Waals surface area contributed by atoms with Gasteiger partial charge in [-0.2, -0.15) is 0 Å². The van der Waals surface area contributed by atoms with Crippen LogP contribution < -0.4 is 10.6 Å². The van der Waals surface area contributed by atoms with Gasteiger partial charge in [-0.05, 0) is 43.1 Å². The average molecular weight is 502 g/mol. The fraction of sp³-hybridized carbons (Fsp3) is 0.440. The molecule has 34 heavy (non-hydrogen) atoms. The molecule has 180 valence electrons. The van der Waals surface area contributed by atoms with Crippen LogP contribution in [0.25, 0.3) is 11.0 Å². The summed E-state index contributed by atoms with van der Waals surface area (Å²) >= 11 is 12.7. The molecule has 2 aliphatic heterocycles.